The van der Waals surface area contributed by atoms with E-state index < -0.39 is 32.5 Å². The monoisotopic (exact) mass is 628 g/mol. The highest BCUT2D eigenvalue weighted by molar-refractivity contribution is 7.98. The SMILES string of the molecule is C/C(=C\c1ccc2c(c1)N(S(=O)(=O)c1cccc(C(F)(F)F)c1)CCO2)c1c(F)cccc1Cl.CCNSC1CC1. The topological polar surface area (TPSA) is 58.6 Å². The van der Waals surface area contributed by atoms with Crippen molar-refractivity contribution in [2.24, 2.45) is 0 Å². The van der Waals surface area contributed by atoms with Crippen molar-refractivity contribution in [2.75, 3.05) is 24.0 Å². The summed E-state index contributed by atoms with van der Waals surface area (Å²) in [7, 11) is -4.32. The van der Waals surface area contributed by atoms with Gasteiger partial charge in [-0.05, 0) is 73.4 Å². The van der Waals surface area contributed by atoms with Crippen LogP contribution in [0.1, 0.15) is 43.4 Å². The van der Waals surface area contributed by atoms with Gasteiger partial charge in [0.2, 0.25) is 0 Å². The van der Waals surface area contributed by atoms with Crippen LogP contribution >= 0.6 is 23.5 Å². The van der Waals surface area contributed by atoms with Gasteiger partial charge in [0, 0.05) is 17.4 Å². The highest BCUT2D eigenvalue weighted by Gasteiger charge is 2.34. The number of hydrogen-bond acceptors (Lipinski definition) is 5. The first kappa shape index (κ1) is 31.2. The van der Waals surface area contributed by atoms with Crippen molar-refractivity contribution in [2.45, 2.75) is 43.0 Å². The molecular weight excluding hydrogens is 600 g/mol. The van der Waals surface area contributed by atoms with Crippen LogP contribution in [0.25, 0.3) is 11.6 Å². The number of alkyl halides is 3. The highest BCUT2D eigenvalue weighted by Crippen LogP contribution is 2.38. The Hall–Kier alpha value is -2.73. The van der Waals surface area contributed by atoms with Crippen molar-refractivity contribution in [3.8, 4) is 5.75 Å². The molecule has 12 heteroatoms. The number of fused-ring (bicyclic) bond motifs is 1. The quantitative estimate of drug-likeness (QED) is 0.163. The van der Waals surface area contributed by atoms with Gasteiger partial charge in [0.15, 0.2) is 0 Å². The number of benzene rings is 3. The molecule has 1 aliphatic heterocycles. The fourth-order valence-electron chi connectivity index (χ4n) is 4.09. The van der Waals surface area contributed by atoms with Gasteiger partial charge in [0.05, 0.1) is 27.7 Å². The third-order valence-corrected chi connectivity index (χ3v) is 9.60. The smallest absolute Gasteiger partial charge is 0.416 e. The standard InChI is InChI=1S/C24H18ClF4NO3S.C5H11NS/c1-15(23-19(25)6-3-7-20(23)26)12-16-8-9-22-21(13-16)30(10-11-33-22)34(31,32)18-5-2-4-17(14-18)24(27,28)29;1-2-6-7-5-3-4-5/h2-9,12-14H,10-11H2,1H3;5-6H,2-4H2,1H3/b15-12+;. The van der Waals surface area contributed by atoms with Crippen molar-refractivity contribution in [3.63, 3.8) is 0 Å². The predicted octanol–water partition coefficient (Wildman–Crippen LogP) is 8.05. The Balaban J connectivity index is 0.000000483. The molecule has 0 unspecified atom stereocenters. The van der Waals surface area contributed by atoms with Gasteiger partial charge in [0.25, 0.3) is 10.0 Å². The van der Waals surface area contributed by atoms with Crippen molar-refractivity contribution in [3.05, 3.63) is 88.2 Å². The van der Waals surface area contributed by atoms with E-state index in [0.717, 1.165) is 34.3 Å². The zero-order chi connectivity index (χ0) is 29.8. The Morgan fingerprint density at radius 2 is 1.88 bits per heavy atom. The van der Waals surface area contributed by atoms with Gasteiger partial charge in [-0.3, -0.25) is 9.03 Å². The largest absolute Gasteiger partial charge is 0.489 e. The van der Waals surface area contributed by atoms with E-state index in [4.69, 9.17) is 16.3 Å². The summed E-state index contributed by atoms with van der Waals surface area (Å²) in [6.45, 7) is 4.84. The van der Waals surface area contributed by atoms with Crippen molar-refractivity contribution in [1.29, 1.82) is 0 Å². The Bertz CT molecular complexity index is 1510. The van der Waals surface area contributed by atoms with E-state index in [2.05, 4.69) is 11.6 Å². The van der Waals surface area contributed by atoms with E-state index in [-0.39, 0.29) is 35.2 Å². The molecule has 0 atom stereocenters. The van der Waals surface area contributed by atoms with E-state index in [0.29, 0.717) is 17.2 Å². The summed E-state index contributed by atoms with van der Waals surface area (Å²) in [6.07, 6.45) is -0.193. The minimum Gasteiger partial charge on any atom is -0.489 e. The number of halogens is 5. The van der Waals surface area contributed by atoms with Crippen molar-refractivity contribution in [1.82, 2.24) is 4.72 Å². The molecule has 0 bridgehead atoms. The maximum atomic E-state index is 14.3. The van der Waals surface area contributed by atoms with Crippen LogP contribution in [0.4, 0.5) is 23.2 Å². The second-order valence-corrected chi connectivity index (χ2v) is 12.9. The molecule has 220 valence electrons. The number of sulfonamides is 1. The summed E-state index contributed by atoms with van der Waals surface area (Å²) in [4.78, 5) is -0.481. The first-order chi connectivity index (χ1) is 19.4. The molecule has 3 aromatic rings. The normalized spacial score (nSPS) is 15.5. The van der Waals surface area contributed by atoms with Crippen LogP contribution in [-0.4, -0.2) is 33.4 Å². The molecule has 0 saturated heterocycles. The number of allylic oxidation sites excluding steroid dienone is 1. The molecule has 2 aliphatic rings. The fraction of sp³-hybridized carbons (Fsp3) is 0.310. The van der Waals surface area contributed by atoms with E-state index in [1.165, 1.54) is 31.0 Å². The summed E-state index contributed by atoms with van der Waals surface area (Å²) in [6, 6.07) is 12.7. The Kier molecular flexibility index (Phi) is 9.94. The van der Waals surface area contributed by atoms with Crippen LogP contribution in [0, 0.1) is 5.82 Å². The minimum atomic E-state index is -4.68. The van der Waals surface area contributed by atoms with Crippen LogP contribution in [-0.2, 0) is 16.2 Å². The summed E-state index contributed by atoms with van der Waals surface area (Å²) in [5.74, 6) is -0.239. The molecule has 0 aromatic heterocycles. The maximum absolute atomic E-state index is 14.3. The first-order valence-electron chi connectivity index (χ1n) is 12.9. The van der Waals surface area contributed by atoms with Crippen LogP contribution in [0.5, 0.6) is 5.75 Å². The van der Waals surface area contributed by atoms with Gasteiger partial charge in [-0.1, -0.05) is 54.7 Å². The van der Waals surface area contributed by atoms with Crippen LogP contribution in [0.15, 0.2) is 65.6 Å². The number of nitrogens with zero attached hydrogens (tertiary/aromatic N) is 1. The molecule has 1 N–H and O–H groups in total. The Labute approximate surface area is 246 Å². The maximum Gasteiger partial charge on any atom is 0.416 e. The molecule has 0 amide bonds. The lowest BCUT2D eigenvalue weighted by Crippen LogP contribution is -2.38. The molecule has 5 nitrogen and oxygen atoms in total. The number of hydrogen-bond donors (Lipinski definition) is 1. The third kappa shape index (κ3) is 7.77. The van der Waals surface area contributed by atoms with Crippen LogP contribution < -0.4 is 13.8 Å². The molecule has 0 radical (unpaired) electrons. The third-order valence-electron chi connectivity index (χ3n) is 6.21. The number of anilines is 1. The van der Waals surface area contributed by atoms with E-state index >= 15 is 0 Å². The van der Waals surface area contributed by atoms with E-state index in [1.54, 1.807) is 31.2 Å². The van der Waals surface area contributed by atoms with Gasteiger partial charge >= 0.3 is 6.18 Å². The first-order valence-corrected chi connectivity index (χ1v) is 15.6. The average Bonchev–Trinajstić information content (AvgIpc) is 3.76. The average molecular weight is 629 g/mol. The second kappa shape index (κ2) is 13.1. The van der Waals surface area contributed by atoms with Crippen molar-refractivity contribution < 1.29 is 30.7 Å². The Morgan fingerprint density at radius 3 is 2.54 bits per heavy atom. The van der Waals surface area contributed by atoms with Crippen LogP contribution in [0.3, 0.4) is 0 Å². The zero-order valence-electron chi connectivity index (χ0n) is 22.3. The number of ether oxygens (including phenoxy) is 1. The number of nitrogens with one attached hydrogen (secondary N) is 1. The lowest BCUT2D eigenvalue weighted by molar-refractivity contribution is -0.137. The Morgan fingerprint density at radius 1 is 1.15 bits per heavy atom. The van der Waals surface area contributed by atoms with Gasteiger partial charge in [-0.2, -0.15) is 13.2 Å². The molecule has 1 fully saturated rings. The number of rotatable bonds is 7. The highest BCUT2D eigenvalue weighted by atomic mass is 35.5. The van der Waals surface area contributed by atoms with Gasteiger partial charge < -0.3 is 4.74 Å². The molecule has 5 rings (SSSR count). The van der Waals surface area contributed by atoms with E-state index in [9.17, 15) is 26.0 Å². The second-order valence-electron chi connectivity index (χ2n) is 9.42. The summed E-state index contributed by atoms with van der Waals surface area (Å²) in [5.41, 5.74) is 0.366. The molecule has 41 heavy (non-hydrogen) atoms. The molecule has 0 spiro atoms. The fourth-order valence-corrected chi connectivity index (χ4v) is 6.68. The lowest BCUT2D eigenvalue weighted by atomic mass is 10.0. The molecular formula is C29H29ClF4N2O3S2. The lowest BCUT2D eigenvalue weighted by Gasteiger charge is -2.31. The zero-order valence-corrected chi connectivity index (χ0v) is 24.7. The summed E-state index contributed by atoms with van der Waals surface area (Å²) < 4.78 is 90.1. The van der Waals surface area contributed by atoms with Gasteiger partial charge in [-0.25, -0.2) is 12.8 Å². The minimum absolute atomic E-state index is 0.0320. The predicted molar refractivity (Wildman–Crippen MR) is 157 cm³/mol. The van der Waals surface area contributed by atoms with Gasteiger partial charge in [-0.15, -0.1) is 0 Å². The van der Waals surface area contributed by atoms with E-state index in [1.807, 2.05) is 11.9 Å². The summed E-state index contributed by atoms with van der Waals surface area (Å²) >= 11 is 8.03. The summed E-state index contributed by atoms with van der Waals surface area (Å²) in [5, 5.41) is 1.18. The van der Waals surface area contributed by atoms with Crippen molar-refractivity contribution >= 4 is 50.9 Å². The molecule has 3 aromatic carbocycles. The molecule has 1 aliphatic carbocycles. The molecule has 1 saturated carbocycles. The van der Waals surface area contributed by atoms with Gasteiger partial charge in [0.1, 0.15) is 18.2 Å². The molecule has 1 heterocycles. The van der Waals surface area contributed by atoms with Crippen LogP contribution in [0.2, 0.25) is 5.02 Å².